The van der Waals surface area contributed by atoms with Gasteiger partial charge in [-0.05, 0) is 12.1 Å². The molecule has 13 heavy (non-hydrogen) atoms. The molecule has 0 bridgehead atoms. The molecule has 0 saturated carbocycles. The van der Waals surface area contributed by atoms with Gasteiger partial charge < -0.3 is 5.32 Å². The van der Waals surface area contributed by atoms with Gasteiger partial charge in [-0.25, -0.2) is 4.79 Å². The molecule has 0 aromatic heterocycles. The maximum atomic E-state index is 10.7. The summed E-state index contributed by atoms with van der Waals surface area (Å²) in [6.45, 7) is 0. The topological polar surface area (TPSA) is 82.4 Å². The lowest BCUT2D eigenvalue weighted by Gasteiger charge is -2.02. The molecule has 0 saturated heterocycles. The van der Waals surface area contributed by atoms with Gasteiger partial charge in [-0.3, -0.25) is 4.79 Å². The van der Waals surface area contributed by atoms with Crippen molar-refractivity contribution in [1.82, 2.24) is 0 Å². The van der Waals surface area contributed by atoms with Crippen LogP contribution in [0.2, 0.25) is 0 Å². The van der Waals surface area contributed by atoms with Crippen molar-refractivity contribution >= 4 is 18.0 Å². The highest BCUT2D eigenvalue weighted by molar-refractivity contribution is 5.95. The van der Waals surface area contributed by atoms with Crippen molar-refractivity contribution in [3.8, 4) is 0 Å². The van der Waals surface area contributed by atoms with Crippen LogP contribution in [-0.2, 0) is 0 Å². The van der Waals surface area contributed by atoms with Crippen molar-refractivity contribution in [2.24, 2.45) is 5.11 Å². The van der Waals surface area contributed by atoms with E-state index in [-0.39, 0.29) is 0 Å². The normalized spacial score (nSPS) is 8.92. The van der Waals surface area contributed by atoms with E-state index in [1.807, 2.05) is 0 Å². The van der Waals surface area contributed by atoms with Crippen LogP contribution in [-0.4, -0.2) is 12.3 Å². The van der Waals surface area contributed by atoms with Crippen LogP contribution >= 0.6 is 0 Å². The van der Waals surface area contributed by atoms with Gasteiger partial charge in [0.2, 0.25) is 0 Å². The number of anilines is 1. The molecule has 5 heteroatoms. The standard InChI is InChI=1S/C8H7N3O2/c9-11-8(13)10-7-4-2-1-3-6(7)5-12/h1-5,9H,(H,10,13). The van der Waals surface area contributed by atoms with E-state index in [4.69, 9.17) is 5.53 Å². The molecule has 0 aliphatic heterocycles. The van der Waals surface area contributed by atoms with E-state index in [2.05, 4.69) is 10.4 Å². The maximum absolute atomic E-state index is 10.7. The van der Waals surface area contributed by atoms with Gasteiger partial charge in [-0.15, -0.1) is 0 Å². The summed E-state index contributed by atoms with van der Waals surface area (Å²) in [6.07, 6.45) is 0.625. The van der Waals surface area contributed by atoms with Gasteiger partial charge in [0, 0.05) is 5.56 Å². The van der Waals surface area contributed by atoms with E-state index in [0.29, 0.717) is 17.5 Å². The van der Waals surface area contributed by atoms with E-state index in [1.165, 1.54) is 0 Å². The average molecular weight is 177 g/mol. The number of nitrogens with zero attached hydrogens (tertiary/aromatic N) is 1. The van der Waals surface area contributed by atoms with Gasteiger partial charge in [0.1, 0.15) is 0 Å². The molecule has 2 N–H and O–H groups in total. The lowest BCUT2D eigenvalue weighted by Crippen LogP contribution is -2.06. The molecule has 0 atom stereocenters. The van der Waals surface area contributed by atoms with Crippen LogP contribution in [0.5, 0.6) is 0 Å². The number of nitrogens with one attached hydrogen (secondary N) is 2. The van der Waals surface area contributed by atoms with E-state index in [9.17, 15) is 9.59 Å². The predicted molar refractivity (Wildman–Crippen MR) is 46.0 cm³/mol. The monoisotopic (exact) mass is 177 g/mol. The largest absolute Gasteiger partial charge is 0.363 e. The van der Waals surface area contributed by atoms with Gasteiger partial charge in [-0.2, -0.15) is 5.53 Å². The molecule has 1 aromatic rings. The fraction of sp³-hybridized carbons (Fsp3) is 0. The number of amides is 2. The van der Waals surface area contributed by atoms with Crippen molar-refractivity contribution in [1.29, 1.82) is 5.53 Å². The van der Waals surface area contributed by atoms with Gasteiger partial charge in [0.15, 0.2) is 6.29 Å². The molecule has 0 unspecified atom stereocenters. The highest BCUT2D eigenvalue weighted by atomic mass is 16.2. The number of hydrogen-bond acceptors (Lipinski definition) is 3. The second kappa shape index (κ2) is 4.10. The zero-order valence-electron chi connectivity index (χ0n) is 6.65. The Morgan fingerprint density at radius 2 is 2.15 bits per heavy atom. The van der Waals surface area contributed by atoms with E-state index >= 15 is 0 Å². The Morgan fingerprint density at radius 3 is 2.77 bits per heavy atom. The van der Waals surface area contributed by atoms with Crippen LogP contribution in [0.1, 0.15) is 10.4 Å². The van der Waals surface area contributed by atoms with Crippen LogP contribution in [0.15, 0.2) is 29.4 Å². The maximum Gasteiger partial charge on any atom is 0.363 e. The molecule has 0 aliphatic rings. The molecule has 5 nitrogen and oxygen atoms in total. The van der Waals surface area contributed by atoms with Crippen LogP contribution in [0.25, 0.3) is 0 Å². The molecule has 0 heterocycles. The number of hydrogen-bond donors (Lipinski definition) is 2. The van der Waals surface area contributed by atoms with Crippen molar-refractivity contribution in [3.05, 3.63) is 29.8 Å². The Labute approximate surface area is 74.3 Å². The first-order valence-corrected chi connectivity index (χ1v) is 3.50. The summed E-state index contributed by atoms with van der Waals surface area (Å²) in [5.74, 6) is 0. The second-order valence-electron chi connectivity index (χ2n) is 2.25. The third-order valence-corrected chi connectivity index (χ3v) is 1.43. The minimum Gasteiger partial charge on any atom is -0.304 e. The SMILES string of the molecule is N=NC(=O)Nc1ccccc1C=O. The Kier molecular flexibility index (Phi) is 2.86. The van der Waals surface area contributed by atoms with Gasteiger partial charge in [-0.1, -0.05) is 17.2 Å². The first-order chi connectivity index (χ1) is 6.27. The summed E-state index contributed by atoms with van der Waals surface area (Å²) in [6, 6.07) is 5.68. The Morgan fingerprint density at radius 1 is 1.46 bits per heavy atom. The third kappa shape index (κ3) is 2.19. The highest BCUT2D eigenvalue weighted by Gasteiger charge is 2.03. The highest BCUT2D eigenvalue weighted by Crippen LogP contribution is 2.12. The summed E-state index contributed by atoms with van der Waals surface area (Å²) < 4.78 is 0. The van der Waals surface area contributed by atoms with Crippen molar-refractivity contribution < 1.29 is 9.59 Å². The Bertz CT molecular complexity index is 349. The second-order valence-corrected chi connectivity index (χ2v) is 2.25. The smallest absolute Gasteiger partial charge is 0.304 e. The van der Waals surface area contributed by atoms with Gasteiger partial charge in [0.25, 0.3) is 0 Å². The number of carbonyl (C=O) groups is 2. The quantitative estimate of drug-likeness (QED) is 0.535. The molecule has 1 rings (SSSR count). The van der Waals surface area contributed by atoms with Crippen molar-refractivity contribution in [2.45, 2.75) is 0 Å². The van der Waals surface area contributed by atoms with Crippen molar-refractivity contribution in [2.75, 3.05) is 5.32 Å². The van der Waals surface area contributed by atoms with Crippen LogP contribution < -0.4 is 5.32 Å². The minimum absolute atomic E-state index is 0.360. The number of urea groups is 1. The molecular formula is C8H7N3O2. The number of para-hydroxylation sites is 1. The van der Waals surface area contributed by atoms with Crippen LogP contribution in [0.3, 0.4) is 0 Å². The Balaban J connectivity index is 2.93. The number of aldehydes is 1. The molecule has 0 radical (unpaired) electrons. The number of carbonyl (C=O) groups excluding carboxylic acids is 2. The van der Waals surface area contributed by atoms with E-state index < -0.39 is 6.03 Å². The lowest BCUT2D eigenvalue weighted by molar-refractivity contribution is 0.112. The fourth-order valence-electron chi connectivity index (χ4n) is 0.857. The summed E-state index contributed by atoms with van der Waals surface area (Å²) in [5.41, 5.74) is 7.13. The lowest BCUT2D eigenvalue weighted by atomic mass is 10.2. The minimum atomic E-state index is -0.797. The number of benzene rings is 1. The predicted octanol–water partition coefficient (Wildman–Crippen LogP) is 2.06. The van der Waals surface area contributed by atoms with Gasteiger partial charge in [0.05, 0.1) is 5.69 Å². The molecule has 1 aromatic carbocycles. The molecule has 0 spiro atoms. The van der Waals surface area contributed by atoms with E-state index in [0.717, 1.165) is 0 Å². The first kappa shape index (κ1) is 9.05. The average Bonchev–Trinajstić information content (AvgIpc) is 2.18. The molecule has 2 amide bonds. The summed E-state index contributed by atoms with van der Waals surface area (Å²) >= 11 is 0. The summed E-state index contributed by atoms with van der Waals surface area (Å²) in [5, 5.41) is 4.93. The van der Waals surface area contributed by atoms with Crippen molar-refractivity contribution in [3.63, 3.8) is 0 Å². The zero-order valence-corrected chi connectivity index (χ0v) is 6.65. The molecular weight excluding hydrogens is 170 g/mol. The van der Waals surface area contributed by atoms with Gasteiger partial charge >= 0.3 is 6.03 Å². The van der Waals surface area contributed by atoms with Crippen LogP contribution in [0.4, 0.5) is 10.5 Å². The summed E-state index contributed by atoms with van der Waals surface area (Å²) in [7, 11) is 0. The first-order valence-electron chi connectivity index (χ1n) is 3.50. The molecule has 0 fully saturated rings. The summed E-state index contributed by atoms with van der Waals surface area (Å²) in [4.78, 5) is 21.1. The zero-order chi connectivity index (χ0) is 9.68. The molecule has 66 valence electrons. The Hall–Kier alpha value is -2.04. The van der Waals surface area contributed by atoms with Crippen LogP contribution in [0, 0.1) is 5.53 Å². The fourth-order valence-corrected chi connectivity index (χ4v) is 0.857. The molecule has 0 aliphatic carbocycles. The third-order valence-electron chi connectivity index (χ3n) is 1.43. The van der Waals surface area contributed by atoms with E-state index in [1.54, 1.807) is 24.3 Å². The number of rotatable bonds is 2.